The van der Waals surface area contributed by atoms with Gasteiger partial charge < -0.3 is 16.4 Å². The minimum atomic E-state index is -0.173. The van der Waals surface area contributed by atoms with Gasteiger partial charge in [-0.1, -0.05) is 53.8 Å². The van der Waals surface area contributed by atoms with Crippen molar-refractivity contribution in [3.05, 3.63) is 95.1 Å². The van der Waals surface area contributed by atoms with E-state index >= 15 is 0 Å². The van der Waals surface area contributed by atoms with Crippen molar-refractivity contribution in [3.63, 3.8) is 0 Å². The van der Waals surface area contributed by atoms with Crippen molar-refractivity contribution >= 4 is 38.5 Å². The lowest BCUT2D eigenvalue weighted by molar-refractivity contribution is 0.0942. The third kappa shape index (κ3) is 4.64. The van der Waals surface area contributed by atoms with Crippen molar-refractivity contribution in [1.82, 2.24) is 15.6 Å². The van der Waals surface area contributed by atoms with Gasteiger partial charge in [0.1, 0.15) is 0 Å². The van der Waals surface area contributed by atoms with Gasteiger partial charge in [0.15, 0.2) is 5.13 Å². The van der Waals surface area contributed by atoms with E-state index in [1.165, 1.54) is 11.3 Å². The van der Waals surface area contributed by atoms with E-state index in [1.807, 2.05) is 42.5 Å². The Morgan fingerprint density at radius 2 is 1.40 bits per heavy atom. The van der Waals surface area contributed by atoms with Gasteiger partial charge in [0, 0.05) is 24.2 Å². The van der Waals surface area contributed by atoms with E-state index < -0.39 is 0 Å². The van der Waals surface area contributed by atoms with Gasteiger partial charge in [-0.05, 0) is 41.5 Å². The SMILES string of the molecule is Nc1nc2ccc(C(=O)NCc3ccc(C(=O)NCc4ccccc4)cc3)cc2s1. The van der Waals surface area contributed by atoms with Crippen LogP contribution in [0.2, 0.25) is 0 Å². The zero-order chi connectivity index (χ0) is 20.9. The van der Waals surface area contributed by atoms with E-state index in [2.05, 4.69) is 15.6 Å². The summed E-state index contributed by atoms with van der Waals surface area (Å²) in [4.78, 5) is 28.9. The number of rotatable bonds is 6. The van der Waals surface area contributed by atoms with Crippen LogP contribution in [0.15, 0.2) is 72.8 Å². The van der Waals surface area contributed by atoms with Crippen LogP contribution in [0.5, 0.6) is 0 Å². The summed E-state index contributed by atoms with van der Waals surface area (Å²) < 4.78 is 0.881. The molecule has 4 aromatic rings. The number of amides is 2. The maximum atomic E-state index is 12.4. The Bertz CT molecular complexity index is 1190. The van der Waals surface area contributed by atoms with Crippen LogP contribution in [-0.4, -0.2) is 16.8 Å². The predicted molar refractivity (Wildman–Crippen MR) is 119 cm³/mol. The summed E-state index contributed by atoms with van der Waals surface area (Å²) in [5.74, 6) is -0.305. The highest BCUT2D eigenvalue weighted by Gasteiger charge is 2.09. The molecule has 0 aliphatic rings. The summed E-state index contributed by atoms with van der Waals surface area (Å²) in [5, 5.41) is 6.28. The maximum absolute atomic E-state index is 12.4. The van der Waals surface area contributed by atoms with Gasteiger partial charge in [-0.15, -0.1) is 0 Å². The molecule has 0 saturated carbocycles. The van der Waals surface area contributed by atoms with Gasteiger partial charge in [-0.2, -0.15) is 0 Å². The lowest BCUT2D eigenvalue weighted by Crippen LogP contribution is -2.24. The van der Waals surface area contributed by atoms with Crippen molar-refractivity contribution in [1.29, 1.82) is 0 Å². The summed E-state index contributed by atoms with van der Waals surface area (Å²) >= 11 is 1.35. The molecule has 0 atom stereocenters. The molecule has 30 heavy (non-hydrogen) atoms. The fourth-order valence-corrected chi connectivity index (χ4v) is 3.80. The lowest BCUT2D eigenvalue weighted by Gasteiger charge is -2.08. The first-order chi connectivity index (χ1) is 14.6. The van der Waals surface area contributed by atoms with Crippen molar-refractivity contribution in [2.24, 2.45) is 0 Å². The largest absolute Gasteiger partial charge is 0.375 e. The highest BCUT2D eigenvalue weighted by Crippen LogP contribution is 2.24. The number of hydrogen-bond acceptors (Lipinski definition) is 5. The summed E-state index contributed by atoms with van der Waals surface area (Å²) in [5.41, 5.74) is 9.59. The minimum absolute atomic E-state index is 0.133. The van der Waals surface area contributed by atoms with E-state index in [0.29, 0.717) is 29.3 Å². The van der Waals surface area contributed by atoms with Gasteiger partial charge in [-0.25, -0.2) is 4.98 Å². The van der Waals surface area contributed by atoms with Crippen LogP contribution in [0, 0.1) is 0 Å². The number of nitrogens with two attached hydrogens (primary N) is 1. The molecule has 3 aromatic carbocycles. The summed E-state index contributed by atoms with van der Waals surface area (Å²) in [6.07, 6.45) is 0. The Kier molecular flexibility index (Phi) is 5.72. The first-order valence-corrected chi connectivity index (χ1v) is 10.3. The average Bonchev–Trinajstić information content (AvgIpc) is 3.16. The number of aromatic nitrogens is 1. The molecule has 150 valence electrons. The van der Waals surface area contributed by atoms with Crippen molar-refractivity contribution in [3.8, 4) is 0 Å². The Labute approximate surface area is 177 Å². The second-order valence-corrected chi connectivity index (χ2v) is 7.84. The number of anilines is 1. The molecular formula is C23H20N4O2S. The van der Waals surface area contributed by atoms with E-state index in [1.54, 1.807) is 30.3 Å². The number of hydrogen-bond donors (Lipinski definition) is 3. The molecule has 4 rings (SSSR count). The fourth-order valence-electron chi connectivity index (χ4n) is 3.02. The van der Waals surface area contributed by atoms with E-state index in [4.69, 9.17) is 5.73 Å². The molecule has 1 aromatic heterocycles. The third-order valence-corrected chi connectivity index (χ3v) is 5.48. The fraction of sp³-hybridized carbons (Fsp3) is 0.0870. The topological polar surface area (TPSA) is 97.1 Å². The molecule has 0 bridgehead atoms. The predicted octanol–water partition coefficient (Wildman–Crippen LogP) is 3.74. The molecule has 0 fully saturated rings. The minimum Gasteiger partial charge on any atom is -0.375 e. The highest BCUT2D eigenvalue weighted by molar-refractivity contribution is 7.22. The molecule has 0 saturated heterocycles. The van der Waals surface area contributed by atoms with Crippen LogP contribution in [0.25, 0.3) is 10.2 Å². The number of carbonyl (C=O) groups excluding carboxylic acids is 2. The second kappa shape index (κ2) is 8.75. The molecule has 0 unspecified atom stereocenters. The molecule has 6 nitrogen and oxygen atoms in total. The van der Waals surface area contributed by atoms with Crippen molar-refractivity contribution in [2.45, 2.75) is 13.1 Å². The molecule has 0 radical (unpaired) electrons. The van der Waals surface area contributed by atoms with E-state index in [9.17, 15) is 9.59 Å². The Hall–Kier alpha value is -3.71. The number of nitrogen functional groups attached to an aromatic ring is 1. The first kappa shape index (κ1) is 19.6. The van der Waals surface area contributed by atoms with Crippen molar-refractivity contribution in [2.75, 3.05) is 5.73 Å². The normalized spacial score (nSPS) is 10.7. The van der Waals surface area contributed by atoms with E-state index in [0.717, 1.165) is 21.3 Å². The maximum Gasteiger partial charge on any atom is 0.251 e. The summed E-state index contributed by atoms with van der Waals surface area (Å²) in [7, 11) is 0. The number of nitrogens with zero attached hydrogens (tertiary/aromatic N) is 1. The molecular weight excluding hydrogens is 396 g/mol. The number of nitrogens with one attached hydrogen (secondary N) is 2. The summed E-state index contributed by atoms with van der Waals surface area (Å²) in [6.45, 7) is 0.848. The van der Waals surface area contributed by atoms with Crippen LogP contribution in [0.4, 0.5) is 5.13 Å². The van der Waals surface area contributed by atoms with Gasteiger partial charge in [0.05, 0.1) is 10.2 Å². The molecule has 4 N–H and O–H groups in total. The average molecular weight is 417 g/mol. The van der Waals surface area contributed by atoms with Crippen LogP contribution in [-0.2, 0) is 13.1 Å². The van der Waals surface area contributed by atoms with Crippen LogP contribution in [0.3, 0.4) is 0 Å². The molecule has 7 heteroatoms. The zero-order valence-corrected chi connectivity index (χ0v) is 16.9. The van der Waals surface area contributed by atoms with Gasteiger partial charge >= 0.3 is 0 Å². The molecule has 2 amide bonds. The Balaban J connectivity index is 1.32. The number of thiazole rings is 1. The second-order valence-electron chi connectivity index (χ2n) is 6.78. The smallest absolute Gasteiger partial charge is 0.251 e. The lowest BCUT2D eigenvalue weighted by atomic mass is 10.1. The standard InChI is InChI=1S/C23H20N4O2S/c24-23-27-19-11-10-18(12-20(19)30-23)22(29)26-14-16-6-8-17(9-7-16)21(28)25-13-15-4-2-1-3-5-15/h1-12H,13-14H2,(H2,24,27)(H,25,28)(H,26,29). The Morgan fingerprint density at radius 3 is 2.10 bits per heavy atom. The first-order valence-electron chi connectivity index (χ1n) is 9.44. The molecule has 0 aliphatic heterocycles. The monoisotopic (exact) mass is 416 g/mol. The highest BCUT2D eigenvalue weighted by atomic mass is 32.1. The summed E-state index contributed by atoms with van der Waals surface area (Å²) in [6, 6.07) is 22.3. The van der Waals surface area contributed by atoms with Gasteiger partial charge in [0.25, 0.3) is 11.8 Å². The Morgan fingerprint density at radius 1 is 0.800 bits per heavy atom. The van der Waals surface area contributed by atoms with Crippen LogP contribution in [0.1, 0.15) is 31.8 Å². The van der Waals surface area contributed by atoms with Crippen LogP contribution < -0.4 is 16.4 Å². The van der Waals surface area contributed by atoms with E-state index in [-0.39, 0.29) is 11.8 Å². The quantitative estimate of drug-likeness (QED) is 0.446. The third-order valence-electron chi connectivity index (χ3n) is 4.63. The van der Waals surface area contributed by atoms with Crippen molar-refractivity contribution < 1.29 is 9.59 Å². The molecule has 0 aliphatic carbocycles. The van der Waals surface area contributed by atoms with Gasteiger partial charge in [-0.3, -0.25) is 9.59 Å². The molecule has 1 heterocycles. The number of benzene rings is 3. The van der Waals surface area contributed by atoms with Gasteiger partial charge in [0.2, 0.25) is 0 Å². The van der Waals surface area contributed by atoms with Crippen LogP contribution >= 0.6 is 11.3 Å². The molecule has 0 spiro atoms. The zero-order valence-electron chi connectivity index (χ0n) is 16.1. The number of fused-ring (bicyclic) bond motifs is 1. The number of carbonyl (C=O) groups is 2.